The van der Waals surface area contributed by atoms with E-state index >= 15 is 0 Å². The van der Waals surface area contributed by atoms with Gasteiger partial charge >= 0.3 is 6.34 Å². The highest BCUT2D eigenvalue weighted by atomic mass is 15.3. The van der Waals surface area contributed by atoms with E-state index < -0.39 is 0 Å². The molecule has 1 atom stereocenters. The first-order valence-corrected chi connectivity index (χ1v) is 8.72. The summed E-state index contributed by atoms with van der Waals surface area (Å²) in [5.41, 5.74) is 2.72. The average molecular weight is 320 g/mol. The highest BCUT2D eigenvalue weighted by Crippen LogP contribution is 2.30. The first kappa shape index (κ1) is 16.5. The Hall–Kier alpha value is -2.35. The lowest BCUT2D eigenvalue weighted by atomic mass is 9.95. The summed E-state index contributed by atoms with van der Waals surface area (Å²) >= 11 is 0. The van der Waals surface area contributed by atoms with Gasteiger partial charge in [-0.2, -0.15) is 0 Å². The van der Waals surface area contributed by atoms with Crippen LogP contribution in [0.4, 0.5) is 0 Å². The maximum absolute atomic E-state index is 3.98. The van der Waals surface area contributed by atoms with Gasteiger partial charge in [-0.15, -0.1) is 0 Å². The van der Waals surface area contributed by atoms with Crippen LogP contribution in [-0.2, 0) is 0 Å². The van der Waals surface area contributed by atoms with E-state index in [1.165, 1.54) is 11.1 Å². The maximum atomic E-state index is 3.98. The highest BCUT2D eigenvalue weighted by molar-refractivity contribution is 5.57. The molecule has 3 rings (SSSR count). The zero-order chi connectivity index (χ0) is 16.8. The molecular weight excluding hydrogens is 294 g/mol. The van der Waals surface area contributed by atoms with E-state index in [1.54, 1.807) is 0 Å². The van der Waals surface area contributed by atoms with Gasteiger partial charge in [-0.25, -0.2) is 9.57 Å². The molecule has 0 aliphatic carbocycles. The minimum atomic E-state index is 0.306. The van der Waals surface area contributed by atoms with Crippen molar-refractivity contribution in [1.82, 2.24) is 14.5 Å². The zero-order valence-corrected chi connectivity index (χ0v) is 14.4. The SMILES string of the molecule is C=[N+]=CN1CCN(C(c2ccccc2)c2ccccc2)C[C@@H]1CC. The fraction of sp³-hybridized carbons (Fsp3) is 0.333. The van der Waals surface area contributed by atoms with Crippen molar-refractivity contribution in [2.75, 3.05) is 19.6 Å². The number of rotatable bonds is 5. The van der Waals surface area contributed by atoms with Crippen molar-refractivity contribution in [3.63, 3.8) is 0 Å². The molecule has 3 nitrogen and oxygen atoms in total. The molecule has 0 unspecified atom stereocenters. The quantitative estimate of drug-likeness (QED) is 0.480. The van der Waals surface area contributed by atoms with E-state index in [2.05, 4.69) is 88.8 Å². The summed E-state index contributed by atoms with van der Waals surface area (Å²) in [6.07, 6.45) is 3.00. The van der Waals surface area contributed by atoms with Crippen molar-refractivity contribution >= 4 is 13.1 Å². The van der Waals surface area contributed by atoms with E-state index in [1.807, 2.05) is 6.34 Å². The predicted molar refractivity (Wildman–Crippen MR) is 102 cm³/mol. The lowest BCUT2D eigenvalue weighted by molar-refractivity contribution is 0.103. The van der Waals surface area contributed by atoms with Crippen LogP contribution in [0.2, 0.25) is 0 Å². The molecule has 24 heavy (non-hydrogen) atoms. The molecule has 0 amide bonds. The summed E-state index contributed by atoms with van der Waals surface area (Å²) in [4.78, 5) is 4.93. The average Bonchev–Trinajstić information content (AvgIpc) is 2.65. The molecule has 0 bridgehead atoms. The van der Waals surface area contributed by atoms with Gasteiger partial charge < -0.3 is 0 Å². The Kier molecular flexibility index (Phi) is 5.47. The van der Waals surface area contributed by atoms with Crippen LogP contribution >= 0.6 is 0 Å². The number of nitrogens with zero attached hydrogens (tertiary/aromatic N) is 3. The van der Waals surface area contributed by atoms with Crippen LogP contribution in [0.25, 0.3) is 0 Å². The molecule has 0 radical (unpaired) electrons. The van der Waals surface area contributed by atoms with Gasteiger partial charge in [0, 0.05) is 13.1 Å². The minimum absolute atomic E-state index is 0.306. The van der Waals surface area contributed by atoms with Crippen LogP contribution < -0.4 is 4.67 Å². The second kappa shape index (κ2) is 7.96. The molecular formula is C21H26N3+. The smallest absolute Gasteiger partial charge is 0.284 e. The third-order valence-electron chi connectivity index (χ3n) is 4.86. The van der Waals surface area contributed by atoms with Crippen LogP contribution in [0.5, 0.6) is 0 Å². The first-order valence-electron chi connectivity index (χ1n) is 8.72. The fourth-order valence-electron chi connectivity index (χ4n) is 3.63. The van der Waals surface area contributed by atoms with Crippen molar-refractivity contribution < 1.29 is 0 Å². The fourth-order valence-corrected chi connectivity index (χ4v) is 3.63. The number of piperazine rings is 1. The molecule has 3 heteroatoms. The Morgan fingerprint density at radius 1 is 1.04 bits per heavy atom. The molecule has 1 saturated heterocycles. The number of benzene rings is 2. The molecule has 1 aliphatic rings. The van der Waals surface area contributed by atoms with E-state index in [9.17, 15) is 0 Å². The molecule has 0 N–H and O–H groups in total. The summed E-state index contributed by atoms with van der Waals surface area (Å²) in [7, 11) is 0. The summed E-state index contributed by atoms with van der Waals surface area (Å²) in [6, 6.07) is 22.5. The summed E-state index contributed by atoms with van der Waals surface area (Å²) in [6.45, 7) is 8.92. The minimum Gasteiger partial charge on any atom is -0.284 e. The summed E-state index contributed by atoms with van der Waals surface area (Å²) < 4.78 is 3.98. The third-order valence-corrected chi connectivity index (χ3v) is 4.86. The second-order valence-electron chi connectivity index (χ2n) is 6.32. The molecule has 124 valence electrons. The Morgan fingerprint density at radius 3 is 2.12 bits per heavy atom. The lowest BCUT2D eigenvalue weighted by Crippen LogP contribution is -2.53. The van der Waals surface area contributed by atoms with Gasteiger partial charge in [-0.1, -0.05) is 67.6 Å². The maximum Gasteiger partial charge on any atom is 0.332 e. The Labute approximate surface area is 145 Å². The highest BCUT2D eigenvalue weighted by Gasteiger charge is 2.33. The van der Waals surface area contributed by atoms with Gasteiger partial charge in [0.05, 0.1) is 12.6 Å². The van der Waals surface area contributed by atoms with Crippen molar-refractivity contribution in [3.05, 3.63) is 71.8 Å². The Bertz CT molecular complexity index is 637. The van der Waals surface area contributed by atoms with Gasteiger partial charge in [0.2, 0.25) is 0 Å². The second-order valence-corrected chi connectivity index (χ2v) is 6.32. The zero-order valence-electron chi connectivity index (χ0n) is 14.4. The molecule has 2 aromatic rings. The first-order chi connectivity index (χ1) is 11.8. The van der Waals surface area contributed by atoms with Crippen molar-refractivity contribution in [2.45, 2.75) is 25.4 Å². The Morgan fingerprint density at radius 2 is 1.62 bits per heavy atom. The molecule has 1 fully saturated rings. The topological polar surface area (TPSA) is 20.6 Å². The summed E-state index contributed by atoms with van der Waals surface area (Å²) in [5, 5.41) is 0. The van der Waals surface area contributed by atoms with Gasteiger partial charge in [0.15, 0.2) is 6.72 Å². The van der Waals surface area contributed by atoms with Gasteiger partial charge in [0.25, 0.3) is 0 Å². The molecule has 0 spiro atoms. The monoisotopic (exact) mass is 320 g/mol. The predicted octanol–water partition coefficient (Wildman–Crippen LogP) is 2.97. The Balaban J connectivity index is 1.91. The number of hydrogen-bond acceptors (Lipinski definition) is 1. The van der Waals surface area contributed by atoms with Crippen LogP contribution in [0.3, 0.4) is 0 Å². The van der Waals surface area contributed by atoms with Crippen molar-refractivity contribution in [3.8, 4) is 0 Å². The van der Waals surface area contributed by atoms with Gasteiger partial charge in [-0.05, 0) is 17.5 Å². The van der Waals surface area contributed by atoms with Crippen LogP contribution in [0.15, 0.2) is 60.7 Å². The molecule has 2 aromatic carbocycles. The van der Waals surface area contributed by atoms with Gasteiger partial charge in [0.1, 0.15) is 6.04 Å². The van der Waals surface area contributed by atoms with E-state index in [0.717, 1.165) is 26.1 Å². The molecule has 0 saturated carbocycles. The van der Waals surface area contributed by atoms with Crippen LogP contribution in [0, 0.1) is 0 Å². The summed E-state index contributed by atoms with van der Waals surface area (Å²) in [5.74, 6) is 0. The third kappa shape index (κ3) is 3.59. The van der Waals surface area contributed by atoms with Crippen LogP contribution in [0.1, 0.15) is 30.5 Å². The molecule has 1 aliphatic heterocycles. The standard InChI is InChI=1S/C21H26N3/c1-3-20-16-23(14-15-24(20)17-22-2)21(18-10-6-4-7-11-18)19-12-8-5-9-13-19/h4-13,17,20-21H,2-3,14-16H2,1H3/q+1/t20-/m0/s1. The normalized spacial score (nSPS) is 18.4. The largest absolute Gasteiger partial charge is 0.332 e. The van der Waals surface area contributed by atoms with Crippen LogP contribution in [-0.4, -0.2) is 48.5 Å². The molecule has 0 aromatic heterocycles. The van der Waals surface area contributed by atoms with Crippen molar-refractivity contribution in [1.29, 1.82) is 0 Å². The van der Waals surface area contributed by atoms with Gasteiger partial charge in [-0.3, -0.25) is 4.90 Å². The molecule has 1 heterocycles. The van der Waals surface area contributed by atoms with E-state index in [-0.39, 0.29) is 0 Å². The van der Waals surface area contributed by atoms with E-state index in [4.69, 9.17) is 0 Å². The van der Waals surface area contributed by atoms with E-state index in [0.29, 0.717) is 12.1 Å². The lowest BCUT2D eigenvalue weighted by Gasteiger charge is -2.40. The number of hydrogen-bond donors (Lipinski definition) is 0. The van der Waals surface area contributed by atoms with Crippen molar-refractivity contribution in [2.24, 2.45) is 0 Å².